The second kappa shape index (κ2) is 7.03. The van der Waals surface area contributed by atoms with Gasteiger partial charge in [0.25, 0.3) is 5.69 Å². The van der Waals surface area contributed by atoms with E-state index in [-0.39, 0.29) is 17.8 Å². The van der Waals surface area contributed by atoms with E-state index in [1.165, 1.54) is 18.2 Å². The maximum Gasteiger partial charge on any atom is 0.411 e. The minimum atomic E-state index is -0.581. The van der Waals surface area contributed by atoms with Gasteiger partial charge in [-0.2, -0.15) is 0 Å². The Morgan fingerprint density at radius 2 is 2.14 bits per heavy atom. The molecule has 114 valence electrons. The van der Waals surface area contributed by atoms with Crippen molar-refractivity contribution in [3.8, 4) is 0 Å². The van der Waals surface area contributed by atoms with E-state index in [9.17, 15) is 14.9 Å². The van der Waals surface area contributed by atoms with Crippen LogP contribution in [0.3, 0.4) is 0 Å². The van der Waals surface area contributed by atoms with Crippen molar-refractivity contribution in [3.63, 3.8) is 0 Å². The van der Waals surface area contributed by atoms with E-state index in [1.54, 1.807) is 6.07 Å². The Labute approximate surface area is 122 Å². The summed E-state index contributed by atoms with van der Waals surface area (Å²) in [6.45, 7) is 0. The fraction of sp³-hybridized carbons (Fsp3) is 0.500. The molecule has 0 aromatic heterocycles. The maximum atomic E-state index is 11.9. The summed E-state index contributed by atoms with van der Waals surface area (Å²) in [5.41, 5.74) is 0.282. The van der Waals surface area contributed by atoms with Gasteiger partial charge in [-0.3, -0.25) is 15.4 Å². The summed E-state index contributed by atoms with van der Waals surface area (Å²) in [5, 5.41) is 16.4. The Morgan fingerprint density at radius 1 is 1.38 bits per heavy atom. The molecule has 0 bridgehead atoms. The number of nitrogens with one attached hydrogen (secondary N) is 2. The van der Waals surface area contributed by atoms with Crippen LogP contribution in [0.4, 0.5) is 16.2 Å². The fourth-order valence-electron chi connectivity index (χ4n) is 2.55. The van der Waals surface area contributed by atoms with Crippen LogP contribution in [0.15, 0.2) is 24.3 Å². The van der Waals surface area contributed by atoms with Crippen LogP contribution in [0.25, 0.3) is 0 Å². The number of ether oxygens (including phenoxy) is 1. The Bertz CT molecular complexity index is 521. The third kappa shape index (κ3) is 4.16. The lowest BCUT2D eigenvalue weighted by Crippen LogP contribution is -2.43. The van der Waals surface area contributed by atoms with Crippen molar-refractivity contribution in [2.75, 3.05) is 12.4 Å². The predicted octanol–water partition coefficient (Wildman–Crippen LogP) is 2.67. The Hall–Kier alpha value is -2.15. The summed E-state index contributed by atoms with van der Waals surface area (Å²) in [7, 11) is 1.85. The molecule has 0 heterocycles. The smallest absolute Gasteiger partial charge is 0.411 e. The summed E-state index contributed by atoms with van der Waals surface area (Å²) in [4.78, 5) is 22.1. The molecule has 0 radical (unpaired) electrons. The second-order valence-corrected chi connectivity index (χ2v) is 5.06. The zero-order valence-electron chi connectivity index (χ0n) is 11.9. The number of nitro groups is 1. The number of hydrogen-bond acceptors (Lipinski definition) is 5. The van der Waals surface area contributed by atoms with Gasteiger partial charge in [0.15, 0.2) is 0 Å². The van der Waals surface area contributed by atoms with E-state index in [0.29, 0.717) is 5.69 Å². The molecule has 2 rings (SSSR count). The third-order valence-corrected chi connectivity index (χ3v) is 3.64. The molecule has 2 N–H and O–H groups in total. The topological polar surface area (TPSA) is 93.5 Å². The molecule has 2 atom stereocenters. The standard InChI is InChI=1S/C14H19N3O4/c1-15-12-7-2-3-8-13(12)21-14(18)16-10-5-4-6-11(9-10)17(19)20/h4-6,9,12-13,15H,2-3,7-8H2,1H3,(H,16,18). The molecule has 1 aromatic rings. The number of amides is 1. The number of nitrogens with zero attached hydrogens (tertiary/aromatic N) is 1. The number of benzene rings is 1. The maximum absolute atomic E-state index is 11.9. The molecule has 1 aliphatic rings. The molecular weight excluding hydrogens is 274 g/mol. The van der Waals surface area contributed by atoms with Crippen LogP contribution in [-0.4, -0.2) is 30.2 Å². The molecule has 1 amide bonds. The molecular formula is C14H19N3O4. The molecule has 0 spiro atoms. The summed E-state index contributed by atoms with van der Waals surface area (Å²) in [5.74, 6) is 0. The van der Waals surface area contributed by atoms with Crippen molar-refractivity contribution in [2.24, 2.45) is 0 Å². The molecule has 21 heavy (non-hydrogen) atoms. The van der Waals surface area contributed by atoms with Gasteiger partial charge in [-0.1, -0.05) is 12.5 Å². The SMILES string of the molecule is CNC1CCCCC1OC(=O)Nc1cccc([N+](=O)[O-])c1. The van der Waals surface area contributed by atoms with E-state index in [4.69, 9.17) is 4.74 Å². The highest BCUT2D eigenvalue weighted by Crippen LogP contribution is 2.22. The summed E-state index contributed by atoms with van der Waals surface area (Å²) in [6.07, 6.45) is 3.22. The van der Waals surface area contributed by atoms with Gasteiger partial charge in [0.2, 0.25) is 0 Å². The Morgan fingerprint density at radius 3 is 2.86 bits per heavy atom. The highest BCUT2D eigenvalue weighted by atomic mass is 16.6. The van der Waals surface area contributed by atoms with Gasteiger partial charge in [0, 0.05) is 18.2 Å². The van der Waals surface area contributed by atoms with E-state index >= 15 is 0 Å². The molecule has 1 saturated carbocycles. The number of anilines is 1. The summed E-state index contributed by atoms with van der Waals surface area (Å²) in [6, 6.07) is 5.94. The number of non-ortho nitro benzene ring substituents is 1. The number of likely N-dealkylation sites (N-methyl/N-ethyl adjacent to an activating group) is 1. The van der Waals surface area contributed by atoms with Crippen LogP contribution in [0.2, 0.25) is 0 Å². The lowest BCUT2D eigenvalue weighted by molar-refractivity contribution is -0.384. The highest BCUT2D eigenvalue weighted by molar-refractivity contribution is 5.85. The van der Waals surface area contributed by atoms with E-state index in [0.717, 1.165) is 25.7 Å². The monoisotopic (exact) mass is 293 g/mol. The average molecular weight is 293 g/mol. The van der Waals surface area contributed by atoms with Crippen LogP contribution in [0.1, 0.15) is 25.7 Å². The second-order valence-electron chi connectivity index (χ2n) is 5.06. The van der Waals surface area contributed by atoms with Crippen LogP contribution in [-0.2, 0) is 4.74 Å². The molecule has 1 aromatic carbocycles. The zero-order valence-corrected chi connectivity index (χ0v) is 11.9. The van der Waals surface area contributed by atoms with Gasteiger partial charge in [-0.25, -0.2) is 4.79 Å². The van der Waals surface area contributed by atoms with Gasteiger partial charge in [0.05, 0.1) is 10.6 Å². The molecule has 7 nitrogen and oxygen atoms in total. The number of rotatable bonds is 4. The molecule has 0 aliphatic heterocycles. The fourth-order valence-corrected chi connectivity index (χ4v) is 2.55. The van der Waals surface area contributed by atoms with Crippen molar-refractivity contribution in [1.29, 1.82) is 0 Å². The van der Waals surface area contributed by atoms with Crippen molar-refractivity contribution >= 4 is 17.5 Å². The van der Waals surface area contributed by atoms with Crippen molar-refractivity contribution in [1.82, 2.24) is 5.32 Å². The minimum absolute atomic E-state index is 0.0708. The van der Waals surface area contributed by atoms with E-state index in [1.807, 2.05) is 7.05 Å². The molecule has 2 unspecified atom stereocenters. The molecule has 0 saturated heterocycles. The van der Waals surface area contributed by atoms with Gasteiger partial charge >= 0.3 is 6.09 Å². The van der Waals surface area contributed by atoms with E-state index < -0.39 is 11.0 Å². The molecule has 1 aliphatic carbocycles. The molecule has 1 fully saturated rings. The number of carbonyl (C=O) groups excluding carboxylic acids is 1. The number of carbonyl (C=O) groups is 1. The van der Waals surface area contributed by atoms with Crippen molar-refractivity contribution in [3.05, 3.63) is 34.4 Å². The van der Waals surface area contributed by atoms with E-state index in [2.05, 4.69) is 10.6 Å². The predicted molar refractivity (Wildman–Crippen MR) is 78.3 cm³/mol. The van der Waals surface area contributed by atoms with Crippen molar-refractivity contribution in [2.45, 2.75) is 37.8 Å². The first kappa shape index (κ1) is 15.2. The first-order valence-electron chi connectivity index (χ1n) is 6.99. The molecule has 7 heteroatoms. The average Bonchev–Trinajstić information content (AvgIpc) is 2.48. The quantitative estimate of drug-likeness (QED) is 0.657. The highest BCUT2D eigenvalue weighted by Gasteiger charge is 2.27. The van der Waals surface area contributed by atoms with Gasteiger partial charge < -0.3 is 10.1 Å². The number of nitro benzene ring substituents is 1. The van der Waals surface area contributed by atoms with Gasteiger partial charge in [-0.15, -0.1) is 0 Å². The minimum Gasteiger partial charge on any atom is -0.444 e. The third-order valence-electron chi connectivity index (χ3n) is 3.64. The van der Waals surface area contributed by atoms with Crippen LogP contribution < -0.4 is 10.6 Å². The Balaban J connectivity index is 1.95. The van der Waals surface area contributed by atoms with Gasteiger partial charge in [0.1, 0.15) is 6.10 Å². The first-order chi connectivity index (χ1) is 10.1. The lowest BCUT2D eigenvalue weighted by Gasteiger charge is -2.30. The zero-order chi connectivity index (χ0) is 15.2. The summed E-state index contributed by atoms with van der Waals surface area (Å²) < 4.78 is 5.42. The van der Waals surface area contributed by atoms with Gasteiger partial charge in [-0.05, 0) is 32.4 Å². The lowest BCUT2D eigenvalue weighted by atomic mass is 9.92. The Kier molecular flexibility index (Phi) is 5.10. The van der Waals surface area contributed by atoms with Crippen LogP contribution in [0.5, 0.6) is 0 Å². The summed E-state index contributed by atoms with van der Waals surface area (Å²) >= 11 is 0. The normalized spacial score (nSPS) is 21.6. The largest absolute Gasteiger partial charge is 0.444 e. The first-order valence-corrected chi connectivity index (χ1v) is 6.99. The van der Waals surface area contributed by atoms with Crippen molar-refractivity contribution < 1.29 is 14.5 Å². The number of hydrogen-bond donors (Lipinski definition) is 2. The van der Waals surface area contributed by atoms with Crippen LogP contribution >= 0.6 is 0 Å². The van der Waals surface area contributed by atoms with Crippen LogP contribution in [0, 0.1) is 10.1 Å².